The largest absolute Gasteiger partial charge is 0.387 e. The highest BCUT2D eigenvalue weighted by molar-refractivity contribution is 7.99. The first kappa shape index (κ1) is 11.1. The van der Waals surface area contributed by atoms with Gasteiger partial charge < -0.3 is 10.8 Å². The summed E-state index contributed by atoms with van der Waals surface area (Å²) in [7, 11) is 0. The fraction of sp³-hybridized carbons (Fsp3) is 1.00. The maximum atomic E-state index is 10.6. The minimum Gasteiger partial charge on any atom is -0.387 e. The molecule has 0 spiro atoms. The van der Waals surface area contributed by atoms with Crippen molar-refractivity contribution in [2.45, 2.75) is 36.8 Å². The van der Waals surface area contributed by atoms with E-state index in [4.69, 9.17) is 5.73 Å². The molecule has 2 heterocycles. The second-order valence-corrected chi connectivity index (χ2v) is 6.71. The summed E-state index contributed by atoms with van der Waals surface area (Å²) in [6.07, 6.45) is 4.17. The van der Waals surface area contributed by atoms with E-state index in [1.807, 2.05) is 23.5 Å². The van der Waals surface area contributed by atoms with Gasteiger partial charge in [0.25, 0.3) is 0 Å². The van der Waals surface area contributed by atoms with Crippen LogP contribution in [0.2, 0.25) is 0 Å². The van der Waals surface area contributed by atoms with Gasteiger partial charge in [-0.3, -0.25) is 0 Å². The van der Waals surface area contributed by atoms with Gasteiger partial charge in [-0.25, -0.2) is 0 Å². The maximum absolute atomic E-state index is 10.6. The fourth-order valence-electron chi connectivity index (χ4n) is 2.36. The van der Waals surface area contributed by atoms with E-state index in [1.165, 1.54) is 11.5 Å². The summed E-state index contributed by atoms with van der Waals surface area (Å²) in [6, 6.07) is 0. The monoisotopic (exact) mass is 233 g/mol. The third-order valence-corrected chi connectivity index (χ3v) is 5.97. The van der Waals surface area contributed by atoms with Gasteiger partial charge in [0, 0.05) is 11.5 Å². The minimum absolute atomic E-state index is 0.316. The van der Waals surface area contributed by atoms with E-state index in [0.717, 1.165) is 37.2 Å². The molecule has 2 atom stereocenters. The van der Waals surface area contributed by atoms with Crippen molar-refractivity contribution < 1.29 is 5.11 Å². The van der Waals surface area contributed by atoms with Crippen LogP contribution >= 0.6 is 23.5 Å². The van der Waals surface area contributed by atoms with Crippen molar-refractivity contribution in [3.63, 3.8) is 0 Å². The molecule has 0 aliphatic carbocycles. The Labute approximate surface area is 94.4 Å². The number of aliphatic hydroxyl groups is 1. The summed E-state index contributed by atoms with van der Waals surface area (Å²) in [6.45, 7) is 0. The number of hydrogen-bond donors (Lipinski definition) is 2. The van der Waals surface area contributed by atoms with Gasteiger partial charge in [0.2, 0.25) is 0 Å². The molecule has 2 aliphatic rings. The Morgan fingerprint density at radius 3 is 2.14 bits per heavy atom. The Hall–Kier alpha value is 0.620. The second kappa shape index (κ2) is 4.24. The van der Waals surface area contributed by atoms with Crippen molar-refractivity contribution in [3.8, 4) is 0 Å². The Morgan fingerprint density at radius 1 is 1.00 bits per heavy atom. The molecule has 2 nitrogen and oxygen atoms in total. The predicted octanol–water partition coefficient (Wildman–Crippen LogP) is 1.47. The van der Waals surface area contributed by atoms with Gasteiger partial charge in [0.15, 0.2) is 0 Å². The first-order chi connectivity index (χ1) is 6.66. The quantitative estimate of drug-likeness (QED) is 0.720. The lowest BCUT2D eigenvalue weighted by molar-refractivity contribution is -0.0199. The normalized spacial score (nSPS) is 45.0. The summed E-state index contributed by atoms with van der Waals surface area (Å²) in [4.78, 5) is 0. The van der Waals surface area contributed by atoms with Crippen molar-refractivity contribution >= 4 is 23.5 Å². The minimum atomic E-state index is -0.594. The fourth-order valence-corrected chi connectivity index (χ4v) is 4.89. The number of hydrogen-bond acceptors (Lipinski definition) is 4. The van der Waals surface area contributed by atoms with E-state index in [1.54, 1.807) is 0 Å². The van der Waals surface area contributed by atoms with Crippen LogP contribution in [0.1, 0.15) is 25.7 Å². The summed E-state index contributed by atoms with van der Waals surface area (Å²) in [5.41, 5.74) is 5.47. The van der Waals surface area contributed by atoms with Crippen molar-refractivity contribution in [2.75, 3.05) is 23.0 Å². The Bertz CT molecular complexity index is 176. The van der Waals surface area contributed by atoms with E-state index < -0.39 is 5.60 Å². The number of rotatable bonds is 1. The summed E-state index contributed by atoms with van der Waals surface area (Å²) in [5.74, 6) is 4.17. The van der Waals surface area contributed by atoms with Gasteiger partial charge in [-0.1, -0.05) is 0 Å². The molecule has 4 heteroatoms. The Morgan fingerprint density at radius 2 is 1.64 bits per heavy atom. The molecule has 2 saturated heterocycles. The van der Waals surface area contributed by atoms with E-state index >= 15 is 0 Å². The van der Waals surface area contributed by atoms with Crippen LogP contribution in [-0.2, 0) is 0 Å². The van der Waals surface area contributed by atoms with Crippen LogP contribution in [0.5, 0.6) is 0 Å². The molecule has 2 aliphatic heterocycles. The lowest BCUT2D eigenvalue weighted by Crippen LogP contribution is -2.65. The van der Waals surface area contributed by atoms with E-state index in [-0.39, 0.29) is 5.54 Å². The lowest BCUT2D eigenvalue weighted by atomic mass is 9.76. The van der Waals surface area contributed by atoms with Gasteiger partial charge in [0.05, 0.1) is 11.1 Å². The average Bonchev–Trinajstić information content (AvgIpc) is 2.20. The van der Waals surface area contributed by atoms with Crippen LogP contribution in [-0.4, -0.2) is 39.3 Å². The maximum Gasteiger partial charge on any atom is 0.0924 e. The zero-order valence-corrected chi connectivity index (χ0v) is 10.1. The van der Waals surface area contributed by atoms with Crippen LogP contribution in [0.3, 0.4) is 0 Å². The van der Waals surface area contributed by atoms with Crippen molar-refractivity contribution in [1.29, 1.82) is 0 Å². The standard InChI is InChI=1S/C10H19NOS2/c11-9(3-1-5-13-7-9)10(12)4-2-6-14-8-10/h12H,1-8,11H2. The first-order valence-electron chi connectivity index (χ1n) is 5.33. The lowest BCUT2D eigenvalue weighted by Gasteiger charge is -2.48. The molecule has 2 rings (SSSR count). The predicted molar refractivity (Wildman–Crippen MR) is 65.0 cm³/mol. The van der Waals surface area contributed by atoms with Crippen LogP contribution in [0.15, 0.2) is 0 Å². The molecule has 0 bridgehead atoms. The Kier molecular flexibility index (Phi) is 3.37. The number of thioether (sulfide) groups is 2. The third-order valence-electron chi connectivity index (χ3n) is 3.42. The molecule has 0 amide bonds. The van der Waals surface area contributed by atoms with Gasteiger partial charge in [-0.2, -0.15) is 23.5 Å². The molecule has 2 unspecified atom stereocenters. The third kappa shape index (κ3) is 1.94. The molecule has 82 valence electrons. The molecule has 0 aromatic rings. The van der Waals surface area contributed by atoms with Crippen LogP contribution in [0, 0.1) is 0 Å². The molecule has 3 N–H and O–H groups in total. The van der Waals surface area contributed by atoms with Gasteiger partial charge in [0.1, 0.15) is 0 Å². The van der Waals surface area contributed by atoms with Crippen LogP contribution < -0.4 is 5.73 Å². The van der Waals surface area contributed by atoms with E-state index in [9.17, 15) is 5.11 Å². The highest BCUT2D eigenvalue weighted by Crippen LogP contribution is 2.40. The smallest absolute Gasteiger partial charge is 0.0924 e. The molecule has 0 saturated carbocycles. The highest BCUT2D eigenvalue weighted by atomic mass is 32.2. The topological polar surface area (TPSA) is 46.2 Å². The van der Waals surface area contributed by atoms with Crippen molar-refractivity contribution in [3.05, 3.63) is 0 Å². The molecule has 0 radical (unpaired) electrons. The summed E-state index contributed by atoms with van der Waals surface area (Å²) in [5, 5.41) is 10.6. The average molecular weight is 233 g/mol. The number of nitrogens with two attached hydrogens (primary N) is 1. The second-order valence-electron chi connectivity index (χ2n) is 4.50. The SMILES string of the molecule is NC1(C2(O)CCCSC2)CCCSC1. The molecule has 0 aromatic heterocycles. The highest BCUT2D eigenvalue weighted by Gasteiger charge is 2.48. The summed E-state index contributed by atoms with van der Waals surface area (Å²) < 4.78 is 0. The van der Waals surface area contributed by atoms with Gasteiger partial charge in [-0.15, -0.1) is 0 Å². The van der Waals surface area contributed by atoms with Crippen LogP contribution in [0.4, 0.5) is 0 Å². The van der Waals surface area contributed by atoms with Crippen molar-refractivity contribution in [2.24, 2.45) is 5.73 Å². The molecular formula is C10H19NOS2. The van der Waals surface area contributed by atoms with Crippen molar-refractivity contribution in [1.82, 2.24) is 0 Å². The first-order valence-corrected chi connectivity index (χ1v) is 7.64. The van der Waals surface area contributed by atoms with Crippen LogP contribution in [0.25, 0.3) is 0 Å². The molecule has 0 aromatic carbocycles. The zero-order chi connectivity index (χ0) is 10.1. The molecule has 2 fully saturated rings. The van der Waals surface area contributed by atoms with Gasteiger partial charge in [-0.05, 0) is 37.2 Å². The summed E-state index contributed by atoms with van der Waals surface area (Å²) >= 11 is 3.75. The molecular weight excluding hydrogens is 214 g/mol. The Balaban J connectivity index is 2.09. The van der Waals surface area contributed by atoms with E-state index in [0.29, 0.717) is 0 Å². The van der Waals surface area contributed by atoms with E-state index in [2.05, 4.69) is 0 Å². The molecule has 14 heavy (non-hydrogen) atoms. The zero-order valence-electron chi connectivity index (χ0n) is 8.50. The van der Waals surface area contributed by atoms with Gasteiger partial charge >= 0.3 is 0 Å².